The van der Waals surface area contributed by atoms with E-state index in [2.05, 4.69) is 95.3 Å². The monoisotopic (exact) mass is 422 g/mol. The van der Waals surface area contributed by atoms with Crippen LogP contribution in [0.3, 0.4) is 0 Å². The lowest BCUT2D eigenvalue weighted by Crippen LogP contribution is -2.26. The highest BCUT2D eigenvalue weighted by Gasteiger charge is 2.32. The molecule has 1 unspecified atom stereocenters. The van der Waals surface area contributed by atoms with Gasteiger partial charge in [-0.1, -0.05) is 103 Å². The zero-order valence-electron chi connectivity index (χ0n) is 19.9. The van der Waals surface area contributed by atoms with Gasteiger partial charge in [0.2, 0.25) is 0 Å². The second kappa shape index (κ2) is 8.47. The van der Waals surface area contributed by atoms with E-state index >= 15 is 0 Å². The molecule has 1 N–H and O–H groups in total. The number of allylic oxidation sites excluding steroid dienone is 4. The average Bonchev–Trinajstić information content (AvgIpc) is 2.80. The Morgan fingerprint density at radius 1 is 0.594 bits per heavy atom. The molecule has 0 bridgehead atoms. The topological polar surface area (TPSA) is 20.2 Å². The lowest BCUT2D eigenvalue weighted by Gasteiger charge is -2.34. The minimum atomic E-state index is -0.311. The van der Waals surface area contributed by atoms with E-state index in [4.69, 9.17) is 0 Å². The predicted molar refractivity (Wildman–Crippen MR) is 135 cm³/mol. The molecule has 0 spiro atoms. The Hall–Kier alpha value is -3.06. The summed E-state index contributed by atoms with van der Waals surface area (Å²) in [7, 11) is 0. The van der Waals surface area contributed by atoms with E-state index in [1.165, 1.54) is 39.0 Å². The minimum absolute atomic E-state index is 0.00846. The molecule has 0 saturated heterocycles. The maximum atomic E-state index is 9.86. The van der Waals surface area contributed by atoms with Crippen molar-refractivity contribution in [2.45, 2.75) is 58.3 Å². The van der Waals surface area contributed by atoms with Crippen LogP contribution in [-0.4, -0.2) is 5.11 Å². The predicted octanol–water partition coefficient (Wildman–Crippen LogP) is 8.00. The van der Waals surface area contributed by atoms with Gasteiger partial charge in [-0.3, -0.25) is 0 Å². The van der Waals surface area contributed by atoms with Crippen LogP contribution < -0.4 is 0 Å². The summed E-state index contributed by atoms with van der Waals surface area (Å²) in [5.74, 6) is 0.294. The standard InChI is InChI=1S/C31H34O/c1-22-6-10-24(11-7-22)30(3,4)25-14-16-27(17-15-25)31(5,26-12-8-23(2)9-13-26)28-18-20-29(32)21-19-28/h6,8-10,12-21,32H,7,11H2,1-5H3. The summed E-state index contributed by atoms with van der Waals surface area (Å²) in [6.07, 6.45) is 6.87. The van der Waals surface area contributed by atoms with Gasteiger partial charge in [-0.05, 0) is 68.0 Å². The third-order valence-corrected chi connectivity index (χ3v) is 7.42. The van der Waals surface area contributed by atoms with Gasteiger partial charge in [-0.2, -0.15) is 0 Å². The maximum Gasteiger partial charge on any atom is 0.115 e. The van der Waals surface area contributed by atoms with Gasteiger partial charge in [0.25, 0.3) is 0 Å². The number of aryl methyl sites for hydroxylation is 1. The molecule has 1 heteroatoms. The number of hydrogen-bond donors (Lipinski definition) is 1. The first-order valence-electron chi connectivity index (χ1n) is 11.6. The molecular weight excluding hydrogens is 388 g/mol. The summed E-state index contributed by atoms with van der Waals surface area (Å²) in [6, 6.07) is 25.6. The largest absolute Gasteiger partial charge is 0.508 e. The SMILES string of the molecule is CC1=CC=C(C(C)(C)c2ccc(C(C)(c3ccc(C)cc3)c3ccc(O)cc3)cc2)CC1. The first-order chi connectivity index (χ1) is 15.2. The molecule has 3 aromatic rings. The number of phenolic OH excluding ortho intramolecular Hbond substituents is 1. The lowest BCUT2D eigenvalue weighted by molar-refractivity contribution is 0.474. The molecule has 164 valence electrons. The molecule has 1 aliphatic rings. The van der Waals surface area contributed by atoms with Gasteiger partial charge in [0.1, 0.15) is 5.75 Å². The van der Waals surface area contributed by atoms with E-state index in [0.29, 0.717) is 5.75 Å². The van der Waals surface area contributed by atoms with Crippen molar-refractivity contribution < 1.29 is 5.11 Å². The molecule has 0 aromatic heterocycles. The first-order valence-corrected chi connectivity index (χ1v) is 11.6. The molecule has 0 saturated carbocycles. The smallest absolute Gasteiger partial charge is 0.115 e. The van der Waals surface area contributed by atoms with Gasteiger partial charge in [0, 0.05) is 10.8 Å². The van der Waals surface area contributed by atoms with E-state index in [1.807, 2.05) is 12.1 Å². The molecule has 0 heterocycles. The Balaban J connectivity index is 1.77. The highest BCUT2D eigenvalue weighted by Crippen LogP contribution is 2.42. The lowest BCUT2D eigenvalue weighted by atomic mass is 9.69. The molecule has 1 nitrogen and oxygen atoms in total. The van der Waals surface area contributed by atoms with Gasteiger partial charge in [0.05, 0.1) is 0 Å². The van der Waals surface area contributed by atoms with E-state index in [-0.39, 0.29) is 10.8 Å². The van der Waals surface area contributed by atoms with Crippen molar-refractivity contribution in [3.8, 4) is 5.75 Å². The van der Waals surface area contributed by atoms with Gasteiger partial charge >= 0.3 is 0 Å². The molecule has 0 fully saturated rings. The van der Waals surface area contributed by atoms with Crippen LogP contribution in [0.5, 0.6) is 5.75 Å². The van der Waals surface area contributed by atoms with Crippen LogP contribution >= 0.6 is 0 Å². The summed E-state index contributed by atoms with van der Waals surface area (Å²) < 4.78 is 0. The van der Waals surface area contributed by atoms with Crippen LogP contribution in [0.25, 0.3) is 0 Å². The van der Waals surface area contributed by atoms with Crippen LogP contribution in [0.1, 0.15) is 68.4 Å². The van der Waals surface area contributed by atoms with Gasteiger partial charge < -0.3 is 5.11 Å². The van der Waals surface area contributed by atoms with E-state index < -0.39 is 0 Å². The summed E-state index contributed by atoms with van der Waals surface area (Å²) in [5.41, 5.74) is 8.92. The third-order valence-electron chi connectivity index (χ3n) is 7.42. The van der Waals surface area contributed by atoms with Crippen molar-refractivity contribution in [2.24, 2.45) is 0 Å². The summed E-state index contributed by atoms with van der Waals surface area (Å²) in [5, 5.41) is 9.86. The van der Waals surface area contributed by atoms with E-state index in [9.17, 15) is 5.11 Å². The summed E-state index contributed by atoms with van der Waals surface area (Å²) >= 11 is 0. The molecule has 0 amide bonds. The zero-order valence-corrected chi connectivity index (χ0v) is 19.9. The second-order valence-electron chi connectivity index (χ2n) is 9.95. The number of benzene rings is 3. The molecule has 0 radical (unpaired) electrons. The Morgan fingerprint density at radius 3 is 1.56 bits per heavy atom. The van der Waals surface area contributed by atoms with Crippen molar-refractivity contribution in [1.29, 1.82) is 0 Å². The fraction of sp³-hybridized carbons (Fsp3) is 0.290. The zero-order chi connectivity index (χ0) is 22.9. The Bertz CT molecular complexity index is 1100. The van der Waals surface area contributed by atoms with Crippen molar-refractivity contribution >= 4 is 0 Å². The Morgan fingerprint density at radius 2 is 1.06 bits per heavy atom. The molecule has 32 heavy (non-hydrogen) atoms. The molecule has 1 atom stereocenters. The molecule has 4 rings (SSSR count). The van der Waals surface area contributed by atoms with E-state index in [1.54, 1.807) is 12.1 Å². The Labute approximate surface area is 193 Å². The first kappa shape index (κ1) is 22.1. The van der Waals surface area contributed by atoms with Crippen molar-refractivity contribution in [1.82, 2.24) is 0 Å². The number of aromatic hydroxyl groups is 1. The number of rotatable bonds is 5. The second-order valence-corrected chi connectivity index (χ2v) is 9.95. The summed E-state index contributed by atoms with van der Waals surface area (Å²) in [4.78, 5) is 0. The van der Waals surface area contributed by atoms with Gasteiger partial charge in [0.15, 0.2) is 0 Å². The van der Waals surface area contributed by atoms with Crippen LogP contribution in [0, 0.1) is 6.92 Å². The Kier molecular flexibility index (Phi) is 5.86. The minimum Gasteiger partial charge on any atom is -0.508 e. The van der Waals surface area contributed by atoms with E-state index in [0.717, 1.165) is 12.8 Å². The maximum absolute atomic E-state index is 9.86. The number of hydrogen-bond acceptors (Lipinski definition) is 1. The van der Waals surface area contributed by atoms with Crippen molar-refractivity contribution in [3.05, 3.63) is 124 Å². The number of phenols is 1. The third kappa shape index (κ3) is 4.05. The van der Waals surface area contributed by atoms with Crippen LogP contribution in [0.4, 0.5) is 0 Å². The van der Waals surface area contributed by atoms with Gasteiger partial charge in [-0.15, -0.1) is 0 Å². The van der Waals surface area contributed by atoms with Crippen molar-refractivity contribution in [3.63, 3.8) is 0 Å². The van der Waals surface area contributed by atoms with Crippen LogP contribution in [0.15, 0.2) is 96.1 Å². The van der Waals surface area contributed by atoms with Gasteiger partial charge in [-0.25, -0.2) is 0 Å². The van der Waals surface area contributed by atoms with Crippen LogP contribution in [-0.2, 0) is 10.8 Å². The molecule has 1 aliphatic carbocycles. The molecule has 3 aromatic carbocycles. The molecular formula is C31H34O. The highest BCUT2D eigenvalue weighted by molar-refractivity contribution is 5.52. The van der Waals surface area contributed by atoms with Crippen LogP contribution in [0.2, 0.25) is 0 Å². The van der Waals surface area contributed by atoms with Crippen molar-refractivity contribution in [2.75, 3.05) is 0 Å². The summed E-state index contributed by atoms with van der Waals surface area (Å²) in [6.45, 7) is 11.3. The average molecular weight is 423 g/mol. The molecule has 0 aliphatic heterocycles. The quantitative estimate of drug-likeness (QED) is 0.413. The highest BCUT2D eigenvalue weighted by atomic mass is 16.3. The fourth-order valence-corrected chi connectivity index (χ4v) is 4.85. The fourth-order valence-electron chi connectivity index (χ4n) is 4.85. The normalized spacial score (nSPS) is 16.2.